The fraction of sp³-hybridized carbons (Fsp3) is 0.750. The van der Waals surface area contributed by atoms with Gasteiger partial charge in [0.25, 0.3) is 0 Å². The van der Waals surface area contributed by atoms with Crippen molar-refractivity contribution < 1.29 is 0 Å². The molecule has 2 rings (SSSR count). The van der Waals surface area contributed by atoms with Crippen LogP contribution in [-0.4, -0.2) is 0 Å². The van der Waals surface area contributed by atoms with Crippen molar-refractivity contribution in [2.24, 2.45) is 23.2 Å². The number of rotatable bonds is 0. The Bertz CT molecular complexity index is 319. The van der Waals surface area contributed by atoms with Gasteiger partial charge in [0.2, 0.25) is 0 Å². The van der Waals surface area contributed by atoms with Crippen molar-refractivity contribution in [3.05, 3.63) is 23.8 Å². The smallest absolute Gasteiger partial charge is 0.0114 e. The van der Waals surface area contributed by atoms with Gasteiger partial charge in [-0.2, -0.15) is 0 Å². The molecular formula is C16H26. The summed E-state index contributed by atoms with van der Waals surface area (Å²) in [6.45, 7) is 14.0. The standard InChI is InChI=1S/C16H26/c1-11-6-7-14-13(3)12(2)8-9-16(4,5)15(14)10-11/h10,12,14-15H,3,6-9H2,1-2,4-5H3/t12-,14-,15+/m1/s1. The average Bonchev–Trinajstić information content (AvgIpc) is 2.31. The molecule has 0 N–H and O–H groups in total. The van der Waals surface area contributed by atoms with Crippen LogP contribution >= 0.6 is 0 Å². The lowest BCUT2D eigenvalue weighted by Crippen LogP contribution is -2.30. The van der Waals surface area contributed by atoms with Gasteiger partial charge in [0.15, 0.2) is 0 Å². The van der Waals surface area contributed by atoms with E-state index in [1.165, 1.54) is 31.3 Å². The van der Waals surface area contributed by atoms with Gasteiger partial charge >= 0.3 is 0 Å². The number of hydrogen-bond donors (Lipinski definition) is 0. The molecule has 0 unspecified atom stereocenters. The van der Waals surface area contributed by atoms with E-state index < -0.39 is 0 Å². The van der Waals surface area contributed by atoms with E-state index in [1.54, 1.807) is 5.57 Å². The predicted molar refractivity (Wildman–Crippen MR) is 71.3 cm³/mol. The van der Waals surface area contributed by atoms with Gasteiger partial charge < -0.3 is 0 Å². The highest BCUT2D eigenvalue weighted by Crippen LogP contribution is 2.50. The fourth-order valence-electron chi connectivity index (χ4n) is 3.56. The lowest BCUT2D eigenvalue weighted by Gasteiger charge is -2.39. The summed E-state index contributed by atoms with van der Waals surface area (Å²) < 4.78 is 0. The van der Waals surface area contributed by atoms with Crippen molar-refractivity contribution in [2.45, 2.75) is 53.4 Å². The first-order valence-corrected chi connectivity index (χ1v) is 6.78. The molecule has 0 bridgehead atoms. The highest BCUT2D eigenvalue weighted by molar-refractivity contribution is 5.20. The van der Waals surface area contributed by atoms with Crippen LogP contribution in [0, 0.1) is 23.2 Å². The third-order valence-electron chi connectivity index (χ3n) is 4.98. The molecule has 0 aliphatic heterocycles. The van der Waals surface area contributed by atoms with Gasteiger partial charge in [0.05, 0.1) is 0 Å². The van der Waals surface area contributed by atoms with Crippen molar-refractivity contribution in [2.75, 3.05) is 0 Å². The van der Waals surface area contributed by atoms with Crippen molar-refractivity contribution >= 4 is 0 Å². The minimum atomic E-state index is 0.458. The quantitative estimate of drug-likeness (QED) is 0.503. The van der Waals surface area contributed by atoms with E-state index in [0.29, 0.717) is 5.41 Å². The molecule has 16 heavy (non-hydrogen) atoms. The molecule has 0 heteroatoms. The largest absolute Gasteiger partial charge is 0.0993 e. The molecular weight excluding hydrogens is 192 g/mol. The highest BCUT2D eigenvalue weighted by atomic mass is 14.4. The molecule has 0 spiro atoms. The Kier molecular flexibility index (Phi) is 3.03. The summed E-state index contributed by atoms with van der Waals surface area (Å²) in [6.07, 6.45) is 7.84. The van der Waals surface area contributed by atoms with Crippen LogP contribution < -0.4 is 0 Å². The van der Waals surface area contributed by atoms with Crippen LogP contribution in [0.25, 0.3) is 0 Å². The van der Waals surface area contributed by atoms with Crippen molar-refractivity contribution in [1.82, 2.24) is 0 Å². The highest BCUT2D eigenvalue weighted by Gasteiger charge is 2.40. The van der Waals surface area contributed by atoms with Gasteiger partial charge in [-0.25, -0.2) is 0 Å². The second-order valence-corrected chi connectivity index (χ2v) is 6.69. The van der Waals surface area contributed by atoms with E-state index in [1.807, 2.05) is 0 Å². The van der Waals surface area contributed by atoms with Crippen LogP contribution in [0.2, 0.25) is 0 Å². The van der Waals surface area contributed by atoms with Gasteiger partial charge in [-0.05, 0) is 55.8 Å². The minimum absolute atomic E-state index is 0.458. The molecule has 2 aliphatic rings. The van der Waals surface area contributed by atoms with E-state index in [-0.39, 0.29) is 0 Å². The number of allylic oxidation sites excluding steroid dienone is 3. The lowest BCUT2D eigenvalue weighted by molar-refractivity contribution is 0.186. The Hall–Kier alpha value is -0.520. The first-order chi connectivity index (χ1) is 7.42. The molecule has 2 aliphatic carbocycles. The Morgan fingerprint density at radius 2 is 2.00 bits per heavy atom. The van der Waals surface area contributed by atoms with Crippen LogP contribution in [0.4, 0.5) is 0 Å². The van der Waals surface area contributed by atoms with E-state index in [9.17, 15) is 0 Å². The summed E-state index contributed by atoms with van der Waals surface area (Å²) in [5.41, 5.74) is 3.58. The Labute approximate surface area is 101 Å². The topological polar surface area (TPSA) is 0 Å². The summed E-state index contributed by atoms with van der Waals surface area (Å²) in [4.78, 5) is 0. The van der Waals surface area contributed by atoms with Crippen LogP contribution in [0.1, 0.15) is 53.4 Å². The Morgan fingerprint density at radius 1 is 1.31 bits per heavy atom. The summed E-state index contributed by atoms with van der Waals surface area (Å²) in [6, 6.07) is 0. The maximum Gasteiger partial charge on any atom is -0.0114 e. The lowest BCUT2D eigenvalue weighted by atomic mass is 9.65. The van der Waals surface area contributed by atoms with E-state index in [2.05, 4.69) is 40.3 Å². The summed E-state index contributed by atoms with van der Waals surface area (Å²) >= 11 is 0. The first kappa shape index (κ1) is 12.0. The van der Waals surface area contributed by atoms with Crippen LogP contribution in [0.3, 0.4) is 0 Å². The third-order valence-corrected chi connectivity index (χ3v) is 4.98. The fourth-order valence-corrected chi connectivity index (χ4v) is 3.56. The molecule has 1 saturated carbocycles. The van der Waals surface area contributed by atoms with Crippen LogP contribution in [0.5, 0.6) is 0 Å². The van der Waals surface area contributed by atoms with Gasteiger partial charge in [0.1, 0.15) is 0 Å². The molecule has 3 atom stereocenters. The zero-order chi connectivity index (χ0) is 11.9. The van der Waals surface area contributed by atoms with Crippen molar-refractivity contribution in [1.29, 1.82) is 0 Å². The average molecular weight is 218 g/mol. The summed E-state index contributed by atoms with van der Waals surface area (Å²) in [5.74, 6) is 2.20. The molecule has 0 aromatic rings. The SMILES string of the molecule is C=C1[C@H](C)CCC(C)(C)[C@H]2C=C(C)CC[C@H]12. The van der Waals surface area contributed by atoms with Gasteiger partial charge in [-0.15, -0.1) is 0 Å². The number of fused-ring (bicyclic) bond motifs is 1. The maximum absolute atomic E-state index is 4.40. The molecule has 0 heterocycles. The minimum Gasteiger partial charge on any atom is -0.0993 e. The zero-order valence-electron chi connectivity index (χ0n) is 11.3. The second kappa shape index (κ2) is 4.05. The first-order valence-electron chi connectivity index (χ1n) is 6.78. The van der Waals surface area contributed by atoms with Crippen molar-refractivity contribution in [3.63, 3.8) is 0 Å². The molecule has 0 nitrogen and oxygen atoms in total. The molecule has 1 fully saturated rings. The van der Waals surface area contributed by atoms with Crippen LogP contribution in [0.15, 0.2) is 23.8 Å². The summed E-state index contributed by atoms with van der Waals surface area (Å²) in [5, 5.41) is 0. The molecule has 90 valence electrons. The molecule has 0 aromatic heterocycles. The number of hydrogen-bond acceptors (Lipinski definition) is 0. The van der Waals surface area contributed by atoms with Gasteiger partial charge in [-0.1, -0.05) is 44.6 Å². The Balaban J connectivity index is 2.37. The molecule has 0 radical (unpaired) electrons. The second-order valence-electron chi connectivity index (χ2n) is 6.69. The third kappa shape index (κ3) is 1.99. The molecule has 0 saturated heterocycles. The molecule has 0 aromatic carbocycles. The normalized spacial score (nSPS) is 38.6. The maximum atomic E-state index is 4.40. The zero-order valence-corrected chi connectivity index (χ0v) is 11.3. The van der Waals surface area contributed by atoms with Gasteiger partial charge in [0, 0.05) is 0 Å². The predicted octanol–water partition coefficient (Wildman–Crippen LogP) is 4.97. The van der Waals surface area contributed by atoms with E-state index >= 15 is 0 Å². The monoisotopic (exact) mass is 218 g/mol. The van der Waals surface area contributed by atoms with Gasteiger partial charge in [-0.3, -0.25) is 0 Å². The van der Waals surface area contributed by atoms with Crippen LogP contribution in [-0.2, 0) is 0 Å². The Morgan fingerprint density at radius 3 is 2.69 bits per heavy atom. The van der Waals surface area contributed by atoms with Crippen molar-refractivity contribution in [3.8, 4) is 0 Å². The molecule has 0 amide bonds. The van der Waals surface area contributed by atoms with E-state index in [0.717, 1.165) is 17.8 Å². The summed E-state index contributed by atoms with van der Waals surface area (Å²) in [7, 11) is 0. The van der Waals surface area contributed by atoms with E-state index in [4.69, 9.17) is 0 Å².